The van der Waals surface area contributed by atoms with E-state index >= 15 is 0 Å². The molecule has 1 N–H and O–H groups in total. The molecular formula is C19H22ClNOS2. The Morgan fingerprint density at radius 2 is 1.96 bits per heavy atom. The molecule has 0 heterocycles. The molecule has 0 aliphatic carbocycles. The number of carbonyl (C=O) groups excluding carboxylic acids is 1. The molecule has 0 saturated heterocycles. The number of rotatable bonds is 8. The number of hydrogen-bond acceptors (Lipinski definition) is 3. The minimum absolute atomic E-state index is 0.00195. The van der Waals surface area contributed by atoms with Gasteiger partial charge < -0.3 is 5.32 Å². The van der Waals surface area contributed by atoms with E-state index in [1.54, 1.807) is 23.5 Å². The van der Waals surface area contributed by atoms with E-state index in [1.165, 1.54) is 5.56 Å². The molecule has 0 atom stereocenters. The van der Waals surface area contributed by atoms with Gasteiger partial charge in [0, 0.05) is 33.2 Å². The van der Waals surface area contributed by atoms with Gasteiger partial charge in [-0.1, -0.05) is 49.7 Å². The first kappa shape index (κ1) is 19.2. The molecule has 0 radical (unpaired) electrons. The molecule has 2 nitrogen and oxygen atoms in total. The van der Waals surface area contributed by atoms with Gasteiger partial charge in [-0.05, 0) is 29.8 Å². The van der Waals surface area contributed by atoms with Crippen LogP contribution < -0.4 is 5.32 Å². The largest absolute Gasteiger partial charge is 0.351 e. The van der Waals surface area contributed by atoms with Crippen LogP contribution in [0.1, 0.15) is 29.8 Å². The third-order valence-corrected chi connectivity index (χ3v) is 5.53. The third-order valence-electron chi connectivity index (χ3n) is 3.18. The monoisotopic (exact) mass is 379 g/mol. The van der Waals surface area contributed by atoms with Crippen LogP contribution in [0.2, 0.25) is 5.02 Å². The molecule has 0 bridgehead atoms. The fraction of sp³-hybridized carbons (Fsp3) is 0.316. The minimum Gasteiger partial charge on any atom is -0.351 e. The molecule has 2 aromatic rings. The molecule has 2 rings (SSSR count). The van der Waals surface area contributed by atoms with Gasteiger partial charge in [0.1, 0.15) is 0 Å². The quantitative estimate of drug-likeness (QED) is 0.484. The van der Waals surface area contributed by atoms with Gasteiger partial charge in [0.05, 0.1) is 5.56 Å². The fourth-order valence-electron chi connectivity index (χ4n) is 2.16. The summed E-state index contributed by atoms with van der Waals surface area (Å²) in [5, 5.41) is 4.23. The molecule has 0 spiro atoms. The van der Waals surface area contributed by atoms with E-state index < -0.39 is 0 Å². The maximum atomic E-state index is 12.4. The molecule has 0 saturated carbocycles. The van der Waals surface area contributed by atoms with Crippen LogP contribution in [0.15, 0.2) is 53.4 Å². The highest BCUT2D eigenvalue weighted by Crippen LogP contribution is 2.26. The van der Waals surface area contributed by atoms with Gasteiger partial charge in [0.25, 0.3) is 5.91 Å². The molecule has 0 aromatic heterocycles. The van der Waals surface area contributed by atoms with Crippen LogP contribution in [0.3, 0.4) is 0 Å². The first-order valence-electron chi connectivity index (χ1n) is 7.92. The van der Waals surface area contributed by atoms with Gasteiger partial charge in [0.2, 0.25) is 0 Å². The van der Waals surface area contributed by atoms with Gasteiger partial charge in [0.15, 0.2) is 0 Å². The standard InChI is InChI=1S/C19H22ClNOS2/c1-14(2)24-18-9-4-3-8-17(18)19(22)21-10-11-23-13-15-6-5-7-16(20)12-15/h3-9,12,14H,10-11,13H2,1-2H3,(H,21,22). The highest BCUT2D eigenvalue weighted by molar-refractivity contribution is 8.00. The topological polar surface area (TPSA) is 29.1 Å². The molecule has 2 aromatic carbocycles. The first-order valence-corrected chi connectivity index (χ1v) is 10.3. The van der Waals surface area contributed by atoms with Crippen molar-refractivity contribution in [3.63, 3.8) is 0 Å². The summed E-state index contributed by atoms with van der Waals surface area (Å²) in [6.45, 7) is 4.92. The molecule has 5 heteroatoms. The van der Waals surface area contributed by atoms with Crippen LogP contribution in [0, 0.1) is 0 Å². The van der Waals surface area contributed by atoms with Crippen LogP contribution in [0.5, 0.6) is 0 Å². The maximum Gasteiger partial charge on any atom is 0.252 e. The van der Waals surface area contributed by atoms with Crippen molar-refractivity contribution in [2.24, 2.45) is 0 Å². The zero-order valence-corrected chi connectivity index (χ0v) is 16.3. The van der Waals surface area contributed by atoms with Gasteiger partial charge >= 0.3 is 0 Å². The second-order valence-corrected chi connectivity index (χ2v) is 8.76. The van der Waals surface area contributed by atoms with Crippen LogP contribution in [0.25, 0.3) is 0 Å². The van der Waals surface area contributed by atoms with Crippen LogP contribution in [0.4, 0.5) is 0 Å². The van der Waals surface area contributed by atoms with Gasteiger partial charge in [-0.25, -0.2) is 0 Å². The van der Waals surface area contributed by atoms with Crippen LogP contribution >= 0.6 is 35.1 Å². The van der Waals surface area contributed by atoms with Crippen molar-refractivity contribution in [1.82, 2.24) is 5.32 Å². The number of thioether (sulfide) groups is 2. The number of carbonyl (C=O) groups is 1. The molecule has 0 aliphatic rings. The van der Waals surface area contributed by atoms with E-state index in [1.807, 2.05) is 42.5 Å². The molecule has 0 fully saturated rings. The second-order valence-electron chi connectivity index (χ2n) is 5.60. The molecular weight excluding hydrogens is 358 g/mol. The lowest BCUT2D eigenvalue weighted by molar-refractivity contribution is 0.0953. The molecule has 1 amide bonds. The van der Waals surface area contributed by atoms with Crippen molar-refractivity contribution in [2.75, 3.05) is 12.3 Å². The highest BCUT2D eigenvalue weighted by Gasteiger charge is 2.11. The van der Waals surface area contributed by atoms with E-state index in [9.17, 15) is 4.79 Å². The summed E-state index contributed by atoms with van der Waals surface area (Å²) in [6.07, 6.45) is 0. The lowest BCUT2D eigenvalue weighted by Gasteiger charge is -2.11. The first-order chi connectivity index (χ1) is 11.6. The van der Waals surface area contributed by atoms with E-state index in [0.29, 0.717) is 11.8 Å². The summed E-state index contributed by atoms with van der Waals surface area (Å²) in [5.74, 6) is 1.77. The van der Waals surface area contributed by atoms with Gasteiger partial charge in [-0.15, -0.1) is 11.8 Å². The smallest absolute Gasteiger partial charge is 0.252 e. The van der Waals surface area contributed by atoms with Crippen molar-refractivity contribution in [3.8, 4) is 0 Å². The van der Waals surface area contributed by atoms with Gasteiger partial charge in [-0.3, -0.25) is 4.79 Å². The summed E-state index contributed by atoms with van der Waals surface area (Å²) in [4.78, 5) is 13.4. The predicted molar refractivity (Wildman–Crippen MR) is 107 cm³/mol. The molecule has 24 heavy (non-hydrogen) atoms. The Morgan fingerprint density at radius 3 is 2.71 bits per heavy atom. The average molecular weight is 380 g/mol. The lowest BCUT2D eigenvalue weighted by Crippen LogP contribution is -2.26. The second kappa shape index (κ2) is 10.0. The normalized spacial score (nSPS) is 10.8. The van der Waals surface area contributed by atoms with E-state index in [2.05, 4.69) is 25.2 Å². The Kier molecular flexibility index (Phi) is 8.03. The number of amides is 1. The predicted octanol–water partition coefficient (Wildman–Crippen LogP) is 5.50. The fourth-order valence-corrected chi connectivity index (χ4v) is 4.13. The summed E-state index contributed by atoms with van der Waals surface area (Å²) >= 11 is 9.48. The van der Waals surface area contributed by atoms with E-state index in [0.717, 1.165) is 27.0 Å². The minimum atomic E-state index is 0.00195. The van der Waals surface area contributed by atoms with E-state index in [-0.39, 0.29) is 5.91 Å². The average Bonchev–Trinajstić information content (AvgIpc) is 2.54. The molecule has 128 valence electrons. The summed E-state index contributed by atoms with van der Waals surface area (Å²) in [5.41, 5.74) is 1.97. The number of benzene rings is 2. The SMILES string of the molecule is CC(C)Sc1ccccc1C(=O)NCCSCc1cccc(Cl)c1. The Balaban J connectivity index is 1.77. The summed E-state index contributed by atoms with van der Waals surface area (Å²) in [7, 11) is 0. The van der Waals surface area contributed by atoms with Crippen molar-refractivity contribution in [2.45, 2.75) is 29.7 Å². The zero-order valence-electron chi connectivity index (χ0n) is 13.9. The van der Waals surface area contributed by atoms with E-state index in [4.69, 9.17) is 11.6 Å². The van der Waals surface area contributed by atoms with Crippen molar-refractivity contribution in [3.05, 3.63) is 64.7 Å². The molecule has 0 unspecified atom stereocenters. The van der Waals surface area contributed by atoms with Crippen molar-refractivity contribution in [1.29, 1.82) is 0 Å². The maximum absolute atomic E-state index is 12.4. The van der Waals surface area contributed by atoms with Crippen molar-refractivity contribution >= 4 is 41.0 Å². The third kappa shape index (κ3) is 6.42. The summed E-state index contributed by atoms with van der Waals surface area (Å²) < 4.78 is 0. The zero-order chi connectivity index (χ0) is 17.4. The Bertz CT molecular complexity index is 676. The Hall–Kier alpha value is -1.10. The van der Waals surface area contributed by atoms with Gasteiger partial charge in [-0.2, -0.15) is 11.8 Å². The van der Waals surface area contributed by atoms with Crippen LogP contribution in [-0.2, 0) is 5.75 Å². The lowest BCUT2D eigenvalue weighted by atomic mass is 10.2. The number of hydrogen-bond donors (Lipinski definition) is 1. The summed E-state index contributed by atoms with van der Waals surface area (Å²) in [6, 6.07) is 15.7. The van der Waals surface area contributed by atoms with Crippen molar-refractivity contribution < 1.29 is 4.79 Å². The Labute approximate surface area is 157 Å². The highest BCUT2D eigenvalue weighted by atomic mass is 35.5. The number of halogens is 1. The Morgan fingerprint density at radius 1 is 1.17 bits per heavy atom. The molecule has 0 aliphatic heterocycles. The number of nitrogens with one attached hydrogen (secondary N) is 1. The van der Waals surface area contributed by atoms with Crippen LogP contribution in [-0.4, -0.2) is 23.5 Å².